The molecule has 1 aromatic carbocycles. The molecule has 2 N–H and O–H groups in total. The van der Waals surface area contributed by atoms with Crippen LogP contribution in [0.1, 0.15) is 15.9 Å². The summed E-state index contributed by atoms with van der Waals surface area (Å²) in [5, 5.41) is 0. The quantitative estimate of drug-likeness (QED) is 0.859. The maximum Gasteiger partial charge on any atom is 0.347 e. The lowest BCUT2D eigenvalue weighted by molar-refractivity contribution is 0.1000. The van der Waals surface area contributed by atoms with Crippen molar-refractivity contribution in [2.75, 3.05) is 0 Å². The van der Waals surface area contributed by atoms with Crippen LogP contribution in [0.4, 0.5) is 4.39 Å². The van der Waals surface area contributed by atoms with Gasteiger partial charge >= 0.3 is 5.69 Å². The van der Waals surface area contributed by atoms with Crippen LogP contribution in [0.3, 0.4) is 0 Å². The summed E-state index contributed by atoms with van der Waals surface area (Å²) in [6, 6.07) is 5.35. The van der Waals surface area contributed by atoms with E-state index in [1.165, 1.54) is 29.1 Å². The van der Waals surface area contributed by atoms with Gasteiger partial charge in [-0.25, -0.2) is 14.2 Å². The monoisotopic (exact) mass is 247 g/mol. The van der Waals surface area contributed by atoms with Gasteiger partial charge in [0.2, 0.25) is 5.91 Å². The zero-order chi connectivity index (χ0) is 13.1. The molecule has 6 heteroatoms. The molecule has 0 atom stereocenters. The average Bonchev–Trinajstić information content (AvgIpc) is 2.34. The molecule has 2 aromatic rings. The van der Waals surface area contributed by atoms with Crippen LogP contribution in [0, 0.1) is 5.82 Å². The van der Waals surface area contributed by atoms with Crippen molar-refractivity contribution in [1.29, 1.82) is 0 Å². The molecule has 0 saturated carbocycles. The van der Waals surface area contributed by atoms with Crippen LogP contribution < -0.4 is 11.4 Å². The Morgan fingerprint density at radius 1 is 1.44 bits per heavy atom. The minimum absolute atomic E-state index is 0.000370. The first kappa shape index (κ1) is 12.0. The van der Waals surface area contributed by atoms with E-state index in [0.717, 1.165) is 6.07 Å². The molecule has 1 heterocycles. The number of rotatable bonds is 3. The lowest BCUT2D eigenvalue weighted by atomic mass is 10.1. The molecule has 0 spiro atoms. The van der Waals surface area contributed by atoms with E-state index >= 15 is 0 Å². The van der Waals surface area contributed by atoms with Crippen LogP contribution in [-0.2, 0) is 6.54 Å². The number of hydrogen-bond donors (Lipinski definition) is 1. The predicted molar refractivity (Wildman–Crippen MR) is 62.5 cm³/mol. The number of aromatic nitrogens is 2. The Kier molecular flexibility index (Phi) is 3.18. The number of halogens is 1. The van der Waals surface area contributed by atoms with Gasteiger partial charge in [-0.1, -0.05) is 0 Å². The van der Waals surface area contributed by atoms with Crippen molar-refractivity contribution in [2.45, 2.75) is 6.54 Å². The Labute approximate surface area is 102 Å². The topological polar surface area (TPSA) is 78.0 Å². The highest BCUT2D eigenvalue weighted by molar-refractivity contribution is 5.92. The van der Waals surface area contributed by atoms with E-state index < -0.39 is 17.4 Å². The molecule has 2 rings (SSSR count). The second kappa shape index (κ2) is 4.79. The Bertz CT molecular complexity index is 652. The molecule has 0 bridgehead atoms. The van der Waals surface area contributed by atoms with Crippen molar-refractivity contribution in [1.82, 2.24) is 9.55 Å². The highest BCUT2D eigenvalue weighted by Crippen LogP contribution is 2.11. The Hall–Kier alpha value is -2.50. The summed E-state index contributed by atoms with van der Waals surface area (Å²) in [5.74, 6) is -1.15. The van der Waals surface area contributed by atoms with Crippen LogP contribution in [0.2, 0.25) is 0 Å². The third kappa shape index (κ3) is 2.42. The Balaban J connectivity index is 2.40. The molecule has 92 valence electrons. The van der Waals surface area contributed by atoms with Gasteiger partial charge in [0.25, 0.3) is 0 Å². The predicted octanol–water partition coefficient (Wildman–Crippen LogP) is 0.530. The van der Waals surface area contributed by atoms with Crippen molar-refractivity contribution in [3.63, 3.8) is 0 Å². The van der Waals surface area contributed by atoms with Gasteiger partial charge in [-0.15, -0.1) is 0 Å². The van der Waals surface area contributed by atoms with Gasteiger partial charge in [0, 0.05) is 23.5 Å². The molecular weight excluding hydrogens is 237 g/mol. The first-order chi connectivity index (χ1) is 8.58. The van der Waals surface area contributed by atoms with Gasteiger partial charge in [-0.3, -0.25) is 9.36 Å². The highest BCUT2D eigenvalue weighted by Gasteiger charge is 2.08. The third-order valence-corrected chi connectivity index (χ3v) is 2.45. The highest BCUT2D eigenvalue weighted by atomic mass is 19.1. The number of amides is 1. The van der Waals surface area contributed by atoms with E-state index in [2.05, 4.69) is 4.98 Å². The molecule has 0 unspecified atom stereocenters. The average molecular weight is 247 g/mol. The largest absolute Gasteiger partial charge is 0.366 e. The molecule has 0 fully saturated rings. The van der Waals surface area contributed by atoms with Gasteiger partial charge in [0.15, 0.2) is 0 Å². The lowest BCUT2D eigenvalue weighted by Gasteiger charge is -2.07. The molecule has 5 nitrogen and oxygen atoms in total. The first-order valence-corrected chi connectivity index (χ1v) is 5.17. The van der Waals surface area contributed by atoms with Crippen molar-refractivity contribution >= 4 is 5.91 Å². The van der Waals surface area contributed by atoms with Crippen LogP contribution in [0.15, 0.2) is 41.5 Å². The van der Waals surface area contributed by atoms with Crippen molar-refractivity contribution < 1.29 is 9.18 Å². The summed E-state index contributed by atoms with van der Waals surface area (Å²) < 4.78 is 14.8. The van der Waals surface area contributed by atoms with E-state index in [9.17, 15) is 14.0 Å². The fraction of sp³-hybridized carbons (Fsp3) is 0.0833. The smallest absolute Gasteiger partial charge is 0.347 e. The van der Waals surface area contributed by atoms with Crippen LogP contribution >= 0.6 is 0 Å². The minimum atomic E-state index is -0.644. The van der Waals surface area contributed by atoms with Crippen molar-refractivity contribution in [3.05, 3.63) is 64.1 Å². The van der Waals surface area contributed by atoms with E-state index in [1.54, 1.807) is 6.07 Å². The Morgan fingerprint density at radius 2 is 2.22 bits per heavy atom. The number of hydrogen-bond acceptors (Lipinski definition) is 3. The lowest BCUT2D eigenvalue weighted by Crippen LogP contribution is -2.22. The van der Waals surface area contributed by atoms with Gasteiger partial charge in [-0.05, 0) is 24.3 Å². The van der Waals surface area contributed by atoms with Crippen molar-refractivity contribution in [3.8, 4) is 0 Å². The third-order valence-electron chi connectivity index (χ3n) is 2.45. The summed E-state index contributed by atoms with van der Waals surface area (Å²) >= 11 is 0. The maximum absolute atomic E-state index is 13.6. The number of carbonyl (C=O) groups is 1. The molecular formula is C12H10FN3O2. The molecule has 1 aromatic heterocycles. The summed E-state index contributed by atoms with van der Waals surface area (Å²) in [4.78, 5) is 25.9. The maximum atomic E-state index is 13.6. The fourth-order valence-electron chi connectivity index (χ4n) is 1.54. The van der Waals surface area contributed by atoms with E-state index in [1.807, 2.05) is 0 Å². The van der Waals surface area contributed by atoms with Crippen LogP contribution in [0.25, 0.3) is 0 Å². The SMILES string of the molecule is NC(=O)c1ccc(F)c(Cn2cccnc2=O)c1. The Morgan fingerprint density at radius 3 is 2.89 bits per heavy atom. The minimum Gasteiger partial charge on any atom is -0.366 e. The van der Waals surface area contributed by atoms with Crippen LogP contribution in [-0.4, -0.2) is 15.5 Å². The molecule has 0 aliphatic carbocycles. The number of benzene rings is 1. The molecule has 1 amide bonds. The van der Waals surface area contributed by atoms with E-state index in [-0.39, 0.29) is 17.7 Å². The van der Waals surface area contributed by atoms with Gasteiger partial charge in [-0.2, -0.15) is 0 Å². The number of carbonyl (C=O) groups excluding carboxylic acids is 1. The summed E-state index contributed by atoms with van der Waals surface area (Å²) in [5.41, 5.74) is 5.04. The second-order valence-corrected chi connectivity index (χ2v) is 3.70. The second-order valence-electron chi connectivity index (χ2n) is 3.70. The van der Waals surface area contributed by atoms with E-state index in [0.29, 0.717) is 0 Å². The molecule has 0 saturated heterocycles. The number of nitrogens with two attached hydrogens (primary N) is 1. The van der Waals surface area contributed by atoms with Crippen LogP contribution in [0.5, 0.6) is 0 Å². The molecule has 18 heavy (non-hydrogen) atoms. The summed E-state index contributed by atoms with van der Waals surface area (Å²) in [6.07, 6.45) is 2.85. The summed E-state index contributed by atoms with van der Waals surface area (Å²) in [7, 11) is 0. The zero-order valence-electron chi connectivity index (χ0n) is 9.34. The zero-order valence-corrected chi connectivity index (χ0v) is 9.34. The molecule has 0 aliphatic rings. The summed E-state index contributed by atoms with van der Waals surface area (Å²) in [6.45, 7) is -0.000370. The molecule has 0 aliphatic heterocycles. The number of nitrogens with zero attached hydrogens (tertiary/aromatic N) is 2. The molecule has 0 radical (unpaired) electrons. The van der Waals surface area contributed by atoms with E-state index in [4.69, 9.17) is 5.73 Å². The normalized spacial score (nSPS) is 10.3. The van der Waals surface area contributed by atoms with Crippen molar-refractivity contribution in [2.24, 2.45) is 5.73 Å². The van der Waals surface area contributed by atoms with Gasteiger partial charge in [0.1, 0.15) is 5.82 Å². The fourth-order valence-corrected chi connectivity index (χ4v) is 1.54. The standard InChI is InChI=1S/C12H10FN3O2/c13-10-3-2-8(11(14)17)6-9(10)7-16-5-1-4-15-12(16)18/h1-6H,7H2,(H2,14,17). The van der Waals surface area contributed by atoms with Gasteiger partial charge in [0.05, 0.1) is 6.54 Å². The van der Waals surface area contributed by atoms with Gasteiger partial charge < -0.3 is 5.73 Å². The number of primary amides is 1. The first-order valence-electron chi connectivity index (χ1n) is 5.17.